The van der Waals surface area contributed by atoms with Crippen molar-refractivity contribution in [2.75, 3.05) is 41.0 Å². The van der Waals surface area contributed by atoms with Gasteiger partial charge in [0.1, 0.15) is 5.75 Å². The average Bonchev–Trinajstić information content (AvgIpc) is 2.74. The van der Waals surface area contributed by atoms with Crippen LogP contribution in [0.2, 0.25) is 0 Å². The van der Waals surface area contributed by atoms with E-state index in [2.05, 4.69) is 11.4 Å². The lowest BCUT2D eigenvalue weighted by Crippen LogP contribution is -2.63. The van der Waals surface area contributed by atoms with Gasteiger partial charge in [-0.3, -0.25) is 4.79 Å². The van der Waals surface area contributed by atoms with Gasteiger partial charge >= 0.3 is 0 Å². The van der Waals surface area contributed by atoms with E-state index in [1.807, 2.05) is 35.2 Å². The van der Waals surface area contributed by atoms with Crippen LogP contribution in [0.25, 0.3) is 0 Å². The first-order valence-electron chi connectivity index (χ1n) is 9.95. The van der Waals surface area contributed by atoms with Gasteiger partial charge in [-0.15, -0.1) is 0 Å². The summed E-state index contributed by atoms with van der Waals surface area (Å²) in [4.78, 5) is 15.5. The maximum atomic E-state index is 13.5. The Hall–Kier alpha value is -2.73. The number of benzene rings is 2. The molecule has 0 atom stereocenters. The van der Waals surface area contributed by atoms with Crippen molar-refractivity contribution in [1.82, 2.24) is 10.2 Å². The molecule has 1 N–H and O–H groups in total. The predicted octanol–water partition coefficient (Wildman–Crippen LogP) is 2.43. The first-order chi connectivity index (χ1) is 14.1. The molecule has 4 rings (SSSR count). The summed E-state index contributed by atoms with van der Waals surface area (Å²) in [5.74, 6) is 2.49. The first kappa shape index (κ1) is 19.6. The molecular formula is C23H28N2O4. The van der Waals surface area contributed by atoms with Gasteiger partial charge in [-0.1, -0.05) is 12.1 Å². The normalized spacial score (nSPS) is 17.1. The van der Waals surface area contributed by atoms with Crippen LogP contribution in [0.5, 0.6) is 17.2 Å². The van der Waals surface area contributed by atoms with Crippen molar-refractivity contribution in [2.45, 2.75) is 19.4 Å². The Kier molecular flexibility index (Phi) is 5.37. The summed E-state index contributed by atoms with van der Waals surface area (Å²) in [5, 5.41) is 3.31. The number of methoxy groups -OCH3 is 3. The molecule has 0 unspecified atom stereocenters. The molecule has 2 heterocycles. The van der Waals surface area contributed by atoms with Crippen molar-refractivity contribution >= 4 is 5.91 Å². The van der Waals surface area contributed by atoms with Crippen LogP contribution in [0.3, 0.4) is 0 Å². The number of hydrogen-bond acceptors (Lipinski definition) is 5. The van der Waals surface area contributed by atoms with Crippen molar-refractivity contribution in [3.05, 3.63) is 53.1 Å². The van der Waals surface area contributed by atoms with E-state index in [0.29, 0.717) is 31.8 Å². The highest BCUT2D eigenvalue weighted by atomic mass is 16.5. The molecule has 0 spiro atoms. The largest absolute Gasteiger partial charge is 0.497 e. The van der Waals surface area contributed by atoms with Crippen LogP contribution in [0, 0.1) is 5.41 Å². The number of nitrogens with one attached hydrogen (secondary N) is 1. The Labute approximate surface area is 171 Å². The molecule has 6 heteroatoms. The molecular weight excluding hydrogens is 368 g/mol. The third-order valence-corrected chi connectivity index (χ3v) is 6.06. The Morgan fingerprint density at radius 1 is 1.03 bits per heavy atom. The minimum Gasteiger partial charge on any atom is -0.497 e. The van der Waals surface area contributed by atoms with Gasteiger partial charge in [0.15, 0.2) is 11.5 Å². The lowest BCUT2D eigenvalue weighted by molar-refractivity contribution is -0.146. The smallest absolute Gasteiger partial charge is 0.232 e. The predicted molar refractivity (Wildman–Crippen MR) is 111 cm³/mol. The number of ether oxygens (including phenoxy) is 3. The summed E-state index contributed by atoms with van der Waals surface area (Å²) in [6.45, 7) is 2.74. The van der Waals surface area contributed by atoms with E-state index in [4.69, 9.17) is 14.2 Å². The molecule has 2 aromatic rings. The van der Waals surface area contributed by atoms with E-state index in [1.165, 1.54) is 5.56 Å². The molecule has 2 aliphatic rings. The molecule has 2 aromatic carbocycles. The molecule has 0 radical (unpaired) electrons. The van der Waals surface area contributed by atoms with Crippen LogP contribution >= 0.6 is 0 Å². The van der Waals surface area contributed by atoms with Crippen molar-refractivity contribution < 1.29 is 19.0 Å². The Morgan fingerprint density at radius 3 is 2.38 bits per heavy atom. The summed E-state index contributed by atoms with van der Waals surface area (Å²) in [6, 6.07) is 12.0. The van der Waals surface area contributed by atoms with Crippen LogP contribution in [0.15, 0.2) is 36.4 Å². The molecule has 29 heavy (non-hydrogen) atoms. The maximum Gasteiger partial charge on any atom is 0.232 e. The van der Waals surface area contributed by atoms with Crippen LogP contribution in [0.4, 0.5) is 0 Å². The Bertz CT molecular complexity index is 908. The van der Waals surface area contributed by atoms with E-state index in [1.54, 1.807) is 21.3 Å². The highest BCUT2D eigenvalue weighted by Gasteiger charge is 2.46. The van der Waals surface area contributed by atoms with Crippen LogP contribution in [-0.2, 0) is 24.2 Å². The van der Waals surface area contributed by atoms with Gasteiger partial charge in [0, 0.05) is 26.2 Å². The zero-order chi connectivity index (χ0) is 20.4. The summed E-state index contributed by atoms with van der Waals surface area (Å²) in [6.07, 6.45) is 1.54. The third-order valence-electron chi connectivity index (χ3n) is 6.06. The van der Waals surface area contributed by atoms with E-state index >= 15 is 0 Å². The van der Waals surface area contributed by atoms with Gasteiger partial charge in [0.25, 0.3) is 0 Å². The first-order valence-corrected chi connectivity index (χ1v) is 9.95. The number of rotatable bonds is 6. The van der Waals surface area contributed by atoms with Gasteiger partial charge < -0.3 is 24.4 Å². The van der Waals surface area contributed by atoms with Gasteiger partial charge in [-0.25, -0.2) is 0 Å². The minimum atomic E-state index is -0.388. The minimum absolute atomic E-state index is 0.222. The molecule has 0 bridgehead atoms. The average molecular weight is 396 g/mol. The molecule has 0 aromatic heterocycles. The lowest BCUT2D eigenvalue weighted by atomic mass is 9.74. The lowest BCUT2D eigenvalue weighted by Gasteiger charge is -2.45. The molecule has 2 aliphatic heterocycles. The number of fused-ring (bicyclic) bond motifs is 1. The van der Waals surface area contributed by atoms with Crippen molar-refractivity contribution in [2.24, 2.45) is 5.41 Å². The number of hydrogen-bond donors (Lipinski definition) is 1. The van der Waals surface area contributed by atoms with E-state index in [9.17, 15) is 4.79 Å². The fraction of sp³-hybridized carbons (Fsp3) is 0.435. The fourth-order valence-corrected chi connectivity index (χ4v) is 4.34. The highest BCUT2D eigenvalue weighted by molar-refractivity contribution is 5.85. The highest BCUT2D eigenvalue weighted by Crippen LogP contribution is 2.36. The third kappa shape index (κ3) is 3.65. The van der Waals surface area contributed by atoms with Gasteiger partial charge in [-0.05, 0) is 53.8 Å². The zero-order valence-electron chi connectivity index (χ0n) is 17.3. The Balaban J connectivity index is 1.54. The zero-order valence-corrected chi connectivity index (χ0v) is 17.3. The Morgan fingerprint density at radius 2 is 1.76 bits per heavy atom. The van der Waals surface area contributed by atoms with E-state index < -0.39 is 0 Å². The number of nitrogens with zero attached hydrogens (tertiary/aromatic N) is 1. The molecule has 6 nitrogen and oxygen atoms in total. The number of carbonyl (C=O) groups excluding carboxylic acids is 1. The number of amides is 1. The monoisotopic (exact) mass is 396 g/mol. The standard InChI is InChI=1S/C23H28N2O4/c1-27-19-6-4-5-16(9-19)12-23(14-24-15-23)22(26)25-8-7-17-10-20(28-2)21(29-3)11-18(17)13-25/h4-6,9-11,24H,7-8,12-15H2,1-3H3. The van der Waals surface area contributed by atoms with Gasteiger partial charge in [0.2, 0.25) is 5.91 Å². The molecule has 1 amide bonds. The van der Waals surface area contributed by atoms with E-state index in [0.717, 1.165) is 35.6 Å². The van der Waals surface area contributed by atoms with Crippen molar-refractivity contribution in [3.8, 4) is 17.2 Å². The molecule has 1 fully saturated rings. The molecule has 0 aliphatic carbocycles. The van der Waals surface area contributed by atoms with Crippen LogP contribution in [0.1, 0.15) is 16.7 Å². The summed E-state index contributed by atoms with van der Waals surface area (Å²) >= 11 is 0. The van der Waals surface area contributed by atoms with Gasteiger partial charge in [-0.2, -0.15) is 0 Å². The fourth-order valence-electron chi connectivity index (χ4n) is 4.34. The quantitative estimate of drug-likeness (QED) is 0.813. The summed E-state index contributed by atoms with van der Waals surface area (Å²) < 4.78 is 16.2. The molecule has 1 saturated heterocycles. The molecule has 0 saturated carbocycles. The molecule has 154 valence electrons. The number of carbonyl (C=O) groups is 1. The second kappa shape index (κ2) is 7.95. The van der Waals surface area contributed by atoms with E-state index in [-0.39, 0.29) is 11.3 Å². The summed E-state index contributed by atoms with van der Waals surface area (Å²) in [7, 11) is 4.95. The SMILES string of the molecule is COc1cccc(CC2(C(=O)N3CCc4cc(OC)c(OC)cc4C3)CNC2)c1. The van der Waals surface area contributed by atoms with Crippen molar-refractivity contribution in [3.63, 3.8) is 0 Å². The summed E-state index contributed by atoms with van der Waals surface area (Å²) in [5.41, 5.74) is 3.09. The maximum absolute atomic E-state index is 13.5. The van der Waals surface area contributed by atoms with Crippen LogP contribution < -0.4 is 19.5 Å². The second-order valence-electron chi connectivity index (χ2n) is 7.86. The van der Waals surface area contributed by atoms with Crippen LogP contribution in [-0.4, -0.2) is 51.8 Å². The van der Waals surface area contributed by atoms with Gasteiger partial charge in [0.05, 0.1) is 26.7 Å². The van der Waals surface area contributed by atoms with Crippen molar-refractivity contribution in [1.29, 1.82) is 0 Å². The second-order valence-corrected chi connectivity index (χ2v) is 7.86. The topological polar surface area (TPSA) is 60.0 Å².